The molecule has 3 rings (SSSR count). The first-order valence-corrected chi connectivity index (χ1v) is 7.15. The molecule has 0 radical (unpaired) electrons. The van der Waals surface area contributed by atoms with Crippen molar-refractivity contribution in [3.8, 4) is 0 Å². The minimum absolute atomic E-state index is 0.0388. The van der Waals surface area contributed by atoms with Crippen LogP contribution < -0.4 is 0 Å². The van der Waals surface area contributed by atoms with E-state index in [1.807, 2.05) is 35.6 Å². The molecule has 0 saturated carbocycles. The summed E-state index contributed by atoms with van der Waals surface area (Å²) >= 11 is 0. The minimum Gasteiger partial charge on any atom is -0.342 e. The Hall–Kier alpha value is -2.30. The predicted octanol–water partition coefficient (Wildman–Crippen LogP) is 1.40. The van der Waals surface area contributed by atoms with Gasteiger partial charge in [0.15, 0.2) is 0 Å². The van der Waals surface area contributed by atoms with Gasteiger partial charge in [0.1, 0.15) is 5.69 Å². The molecule has 0 unspecified atom stereocenters. The standard InChI is InChI=1S/C16H19N3O2/c1-12-3-4-13-10-15(17(2)14(13)9-12)16(21)19-7-5-18(11-20)6-8-19/h3-4,9-11H,5-8H2,1-2H3. The lowest BCUT2D eigenvalue weighted by Gasteiger charge is -2.32. The van der Waals surface area contributed by atoms with Crippen LogP contribution in [0.25, 0.3) is 10.9 Å². The van der Waals surface area contributed by atoms with Gasteiger partial charge < -0.3 is 14.4 Å². The number of nitrogens with zero attached hydrogens (tertiary/aromatic N) is 3. The fraction of sp³-hybridized carbons (Fsp3) is 0.375. The Morgan fingerprint density at radius 1 is 1.14 bits per heavy atom. The summed E-state index contributed by atoms with van der Waals surface area (Å²) in [7, 11) is 1.93. The van der Waals surface area contributed by atoms with Crippen molar-refractivity contribution < 1.29 is 9.59 Å². The smallest absolute Gasteiger partial charge is 0.270 e. The lowest BCUT2D eigenvalue weighted by Crippen LogP contribution is -2.48. The summed E-state index contributed by atoms with van der Waals surface area (Å²) in [6.07, 6.45) is 0.849. The zero-order valence-corrected chi connectivity index (χ0v) is 12.4. The third-order valence-corrected chi connectivity index (χ3v) is 4.17. The topological polar surface area (TPSA) is 45.6 Å². The third kappa shape index (κ3) is 2.39. The Morgan fingerprint density at radius 2 is 1.86 bits per heavy atom. The Morgan fingerprint density at radius 3 is 2.52 bits per heavy atom. The van der Waals surface area contributed by atoms with Crippen molar-refractivity contribution in [2.75, 3.05) is 26.2 Å². The van der Waals surface area contributed by atoms with Gasteiger partial charge >= 0.3 is 0 Å². The van der Waals surface area contributed by atoms with Gasteiger partial charge in [0.2, 0.25) is 6.41 Å². The fourth-order valence-electron chi connectivity index (χ4n) is 2.84. The molecule has 0 spiro atoms. The van der Waals surface area contributed by atoms with Gasteiger partial charge in [-0.05, 0) is 24.6 Å². The van der Waals surface area contributed by atoms with Gasteiger partial charge in [0.25, 0.3) is 5.91 Å². The van der Waals surface area contributed by atoms with Crippen molar-refractivity contribution in [1.29, 1.82) is 0 Å². The Balaban J connectivity index is 1.88. The second-order valence-corrected chi connectivity index (χ2v) is 5.58. The lowest BCUT2D eigenvalue weighted by atomic mass is 10.2. The van der Waals surface area contributed by atoms with Crippen molar-refractivity contribution in [2.45, 2.75) is 6.92 Å². The molecule has 0 N–H and O–H groups in total. The van der Waals surface area contributed by atoms with Crippen molar-refractivity contribution >= 4 is 23.2 Å². The number of aryl methyl sites for hydroxylation is 2. The summed E-state index contributed by atoms with van der Waals surface area (Å²) in [6.45, 7) is 4.46. The second-order valence-electron chi connectivity index (χ2n) is 5.58. The molecule has 1 aliphatic rings. The SMILES string of the molecule is Cc1ccc2cc(C(=O)N3CCN(C=O)CC3)n(C)c2c1. The predicted molar refractivity (Wildman–Crippen MR) is 81.2 cm³/mol. The van der Waals surface area contributed by atoms with Crippen molar-refractivity contribution in [3.05, 3.63) is 35.5 Å². The van der Waals surface area contributed by atoms with E-state index in [0.717, 1.165) is 17.3 Å². The molecule has 0 bridgehead atoms. The Kier molecular flexibility index (Phi) is 3.41. The van der Waals surface area contributed by atoms with Gasteiger partial charge in [-0.25, -0.2) is 0 Å². The summed E-state index contributed by atoms with van der Waals surface area (Å²) in [4.78, 5) is 26.9. The van der Waals surface area contributed by atoms with Crippen molar-refractivity contribution in [1.82, 2.24) is 14.4 Å². The molecular formula is C16H19N3O2. The van der Waals surface area contributed by atoms with E-state index in [2.05, 4.69) is 12.1 Å². The highest BCUT2D eigenvalue weighted by Gasteiger charge is 2.23. The summed E-state index contributed by atoms with van der Waals surface area (Å²) in [5, 5.41) is 1.08. The molecule has 1 saturated heterocycles. The highest BCUT2D eigenvalue weighted by atomic mass is 16.2. The van der Waals surface area contributed by atoms with Gasteiger partial charge in [-0.15, -0.1) is 0 Å². The summed E-state index contributed by atoms with van der Waals surface area (Å²) in [5.41, 5.74) is 2.96. The van der Waals surface area contributed by atoms with Crippen molar-refractivity contribution in [3.63, 3.8) is 0 Å². The molecule has 5 nitrogen and oxygen atoms in total. The molecular weight excluding hydrogens is 266 g/mol. The van der Waals surface area contributed by atoms with Gasteiger partial charge in [0.05, 0.1) is 0 Å². The maximum absolute atomic E-state index is 12.7. The molecule has 1 fully saturated rings. The monoisotopic (exact) mass is 285 g/mol. The van der Waals surface area contributed by atoms with E-state index >= 15 is 0 Å². The van der Waals surface area contributed by atoms with Crippen LogP contribution in [0, 0.1) is 6.92 Å². The van der Waals surface area contributed by atoms with Crippen molar-refractivity contribution in [2.24, 2.45) is 7.05 Å². The molecule has 2 heterocycles. The van der Waals surface area contributed by atoms with Crippen LogP contribution in [-0.4, -0.2) is 52.9 Å². The van der Waals surface area contributed by atoms with Gasteiger partial charge in [0, 0.05) is 44.1 Å². The number of hydrogen-bond acceptors (Lipinski definition) is 2. The number of hydrogen-bond donors (Lipinski definition) is 0. The molecule has 1 aromatic heterocycles. The van der Waals surface area contributed by atoms with Crippen LogP contribution in [-0.2, 0) is 11.8 Å². The first-order chi connectivity index (χ1) is 10.1. The average molecular weight is 285 g/mol. The molecule has 0 atom stereocenters. The van der Waals surface area contributed by atoms with Gasteiger partial charge in [-0.3, -0.25) is 9.59 Å². The maximum atomic E-state index is 12.7. The second kappa shape index (κ2) is 5.24. The molecule has 1 aromatic carbocycles. The molecule has 2 amide bonds. The van der Waals surface area contributed by atoms with E-state index in [-0.39, 0.29) is 5.91 Å². The van der Waals surface area contributed by atoms with Gasteiger partial charge in [-0.1, -0.05) is 12.1 Å². The number of benzene rings is 1. The Bertz CT molecular complexity index is 697. The van der Waals surface area contributed by atoms with Crippen LogP contribution in [0.4, 0.5) is 0 Å². The van der Waals surface area contributed by atoms with E-state index in [1.165, 1.54) is 5.56 Å². The quantitative estimate of drug-likeness (QED) is 0.783. The molecule has 0 aliphatic carbocycles. The van der Waals surface area contributed by atoms with E-state index in [9.17, 15) is 9.59 Å². The number of aromatic nitrogens is 1. The molecule has 21 heavy (non-hydrogen) atoms. The van der Waals surface area contributed by atoms with Crippen LogP contribution in [0.5, 0.6) is 0 Å². The zero-order valence-electron chi connectivity index (χ0n) is 12.4. The lowest BCUT2D eigenvalue weighted by molar-refractivity contribution is -0.119. The summed E-state index contributed by atoms with van der Waals surface area (Å²) in [6, 6.07) is 8.14. The maximum Gasteiger partial charge on any atom is 0.270 e. The van der Waals surface area contributed by atoms with Crippen LogP contribution in [0.1, 0.15) is 16.1 Å². The van der Waals surface area contributed by atoms with E-state index in [0.29, 0.717) is 31.9 Å². The third-order valence-electron chi connectivity index (χ3n) is 4.17. The first-order valence-electron chi connectivity index (χ1n) is 7.15. The molecule has 5 heteroatoms. The molecule has 1 aliphatic heterocycles. The highest BCUT2D eigenvalue weighted by Crippen LogP contribution is 2.21. The van der Waals surface area contributed by atoms with Crippen LogP contribution in [0.15, 0.2) is 24.3 Å². The number of piperazine rings is 1. The highest BCUT2D eigenvalue weighted by molar-refractivity contribution is 5.99. The number of fused-ring (bicyclic) bond motifs is 1. The Labute approximate surface area is 123 Å². The summed E-state index contributed by atoms with van der Waals surface area (Å²) < 4.78 is 1.96. The zero-order chi connectivity index (χ0) is 15.0. The normalized spacial score (nSPS) is 15.5. The van der Waals surface area contributed by atoms with Crippen LogP contribution >= 0.6 is 0 Å². The first kappa shape index (κ1) is 13.7. The number of carbonyl (C=O) groups excluding carboxylic acids is 2. The summed E-state index contributed by atoms with van der Waals surface area (Å²) in [5.74, 6) is 0.0388. The van der Waals surface area contributed by atoms with E-state index < -0.39 is 0 Å². The minimum atomic E-state index is 0.0388. The number of carbonyl (C=O) groups is 2. The van der Waals surface area contributed by atoms with Crippen LogP contribution in [0.3, 0.4) is 0 Å². The fourth-order valence-corrected chi connectivity index (χ4v) is 2.84. The van der Waals surface area contributed by atoms with E-state index in [4.69, 9.17) is 0 Å². The molecule has 2 aromatic rings. The molecule has 110 valence electrons. The number of rotatable bonds is 2. The van der Waals surface area contributed by atoms with E-state index in [1.54, 1.807) is 4.90 Å². The van der Waals surface area contributed by atoms with Crippen LogP contribution in [0.2, 0.25) is 0 Å². The number of amides is 2. The average Bonchev–Trinajstić information content (AvgIpc) is 2.83. The van der Waals surface area contributed by atoms with Gasteiger partial charge in [-0.2, -0.15) is 0 Å². The largest absolute Gasteiger partial charge is 0.342 e.